The molecule has 5 nitrogen and oxygen atoms in total. The molecule has 0 aliphatic rings. The molecular formula is C9H17O5P. The van der Waals surface area contributed by atoms with Crippen LogP contribution in [-0.4, -0.2) is 20.2 Å². The third kappa shape index (κ3) is 5.11. The molecule has 0 heterocycles. The number of phosphoric ester groups is 1. The maximum Gasteiger partial charge on any atom is 0.531 e. The number of carbonyl (C=O) groups excluding carboxylic acids is 1. The molecule has 0 fully saturated rings. The summed E-state index contributed by atoms with van der Waals surface area (Å²) in [7, 11) is -1.42. The van der Waals surface area contributed by atoms with E-state index in [1.807, 2.05) is 13.8 Å². The van der Waals surface area contributed by atoms with E-state index in [4.69, 9.17) is 0 Å². The molecule has 0 saturated carbocycles. The van der Waals surface area contributed by atoms with E-state index < -0.39 is 13.8 Å². The summed E-state index contributed by atoms with van der Waals surface area (Å²) >= 11 is 0. The number of hydrogen-bond donors (Lipinski definition) is 0. The Kier molecular flexibility index (Phi) is 5.80. The van der Waals surface area contributed by atoms with Gasteiger partial charge in [-0.3, -0.25) is 9.05 Å². The van der Waals surface area contributed by atoms with Crippen LogP contribution in [0.25, 0.3) is 0 Å². The minimum atomic E-state index is -3.72. The standard InChI is InChI=1S/C9H17O5P/c1-7(2)6-8(3)9(10)14-15(11,12-4)13-5/h6-7H,1-5H3. The Morgan fingerprint density at radius 1 is 1.27 bits per heavy atom. The molecule has 0 atom stereocenters. The Hall–Kier alpha value is -0.640. The molecular weight excluding hydrogens is 219 g/mol. The van der Waals surface area contributed by atoms with Gasteiger partial charge in [-0.2, -0.15) is 0 Å². The van der Waals surface area contributed by atoms with Crippen molar-refractivity contribution in [2.45, 2.75) is 20.8 Å². The summed E-state index contributed by atoms with van der Waals surface area (Å²) in [5.41, 5.74) is 0.374. The van der Waals surface area contributed by atoms with E-state index in [9.17, 15) is 9.36 Å². The van der Waals surface area contributed by atoms with Crippen molar-refractivity contribution in [3.8, 4) is 0 Å². The second-order valence-corrected chi connectivity index (χ2v) is 5.09. The van der Waals surface area contributed by atoms with Gasteiger partial charge in [0.2, 0.25) is 0 Å². The average Bonchev–Trinajstić information content (AvgIpc) is 2.16. The van der Waals surface area contributed by atoms with Crippen LogP contribution in [0.1, 0.15) is 20.8 Å². The van der Waals surface area contributed by atoms with Crippen molar-refractivity contribution in [3.05, 3.63) is 11.6 Å². The fraction of sp³-hybridized carbons (Fsp3) is 0.667. The van der Waals surface area contributed by atoms with Gasteiger partial charge >= 0.3 is 13.8 Å². The molecule has 15 heavy (non-hydrogen) atoms. The molecule has 0 unspecified atom stereocenters. The predicted octanol–water partition coefficient (Wildman–Crippen LogP) is 2.53. The summed E-state index contributed by atoms with van der Waals surface area (Å²) in [6, 6.07) is 0. The highest BCUT2D eigenvalue weighted by atomic mass is 31.2. The first-order valence-corrected chi connectivity index (χ1v) is 5.94. The highest BCUT2D eigenvalue weighted by molar-refractivity contribution is 7.49. The number of hydrogen-bond acceptors (Lipinski definition) is 5. The molecule has 0 aromatic carbocycles. The monoisotopic (exact) mass is 236 g/mol. The van der Waals surface area contributed by atoms with E-state index >= 15 is 0 Å². The average molecular weight is 236 g/mol. The zero-order valence-corrected chi connectivity index (χ0v) is 10.5. The maximum absolute atomic E-state index is 11.4. The Balaban J connectivity index is 4.56. The third-order valence-corrected chi connectivity index (χ3v) is 2.83. The highest BCUT2D eigenvalue weighted by Crippen LogP contribution is 2.48. The zero-order chi connectivity index (χ0) is 12.1. The van der Waals surface area contributed by atoms with Crippen LogP contribution in [0.2, 0.25) is 0 Å². The SMILES string of the molecule is COP(=O)(OC)OC(=O)C(C)=CC(C)C. The molecule has 0 saturated heterocycles. The first-order valence-electron chi connectivity index (χ1n) is 4.48. The molecule has 0 aliphatic heterocycles. The number of phosphoric acid groups is 1. The van der Waals surface area contributed by atoms with Crippen LogP contribution in [-0.2, 0) is 22.9 Å². The van der Waals surface area contributed by atoms with Gasteiger partial charge in [-0.25, -0.2) is 9.36 Å². The third-order valence-electron chi connectivity index (χ3n) is 1.55. The molecule has 0 amide bonds. The van der Waals surface area contributed by atoms with Crippen molar-refractivity contribution in [3.63, 3.8) is 0 Å². The molecule has 0 N–H and O–H groups in total. The first-order chi connectivity index (χ1) is 6.84. The van der Waals surface area contributed by atoms with E-state index in [2.05, 4.69) is 13.6 Å². The van der Waals surface area contributed by atoms with Crippen LogP contribution in [0, 0.1) is 5.92 Å². The van der Waals surface area contributed by atoms with Crippen molar-refractivity contribution in [1.82, 2.24) is 0 Å². The lowest BCUT2D eigenvalue weighted by Gasteiger charge is -2.13. The summed E-state index contributed by atoms with van der Waals surface area (Å²) < 4.78 is 25.0. The highest BCUT2D eigenvalue weighted by Gasteiger charge is 2.28. The van der Waals surface area contributed by atoms with Gasteiger partial charge in [-0.15, -0.1) is 0 Å². The largest absolute Gasteiger partial charge is 0.531 e. The molecule has 0 aliphatic carbocycles. The van der Waals surface area contributed by atoms with Crippen LogP contribution in [0.5, 0.6) is 0 Å². The van der Waals surface area contributed by atoms with Crippen molar-refractivity contribution in [2.24, 2.45) is 5.92 Å². The second kappa shape index (κ2) is 6.05. The molecule has 0 aromatic rings. The van der Waals surface area contributed by atoms with Crippen molar-refractivity contribution >= 4 is 13.8 Å². The predicted molar refractivity (Wildman–Crippen MR) is 56.3 cm³/mol. The summed E-state index contributed by atoms with van der Waals surface area (Å²) in [5.74, 6) is -0.488. The van der Waals surface area contributed by atoms with E-state index in [0.717, 1.165) is 14.2 Å². The van der Waals surface area contributed by atoms with E-state index in [0.29, 0.717) is 5.57 Å². The molecule has 6 heteroatoms. The lowest BCUT2D eigenvalue weighted by Crippen LogP contribution is -2.07. The van der Waals surface area contributed by atoms with Gasteiger partial charge in [0.1, 0.15) is 0 Å². The molecule has 88 valence electrons. The Morgan fingerprint density at radius 3 is 2.07 bits per heavy atom. The van der Waals surface area contributed by atoms with Crippen molar-refractivity contribution < 1.29 is 22.9 Å². The Bertz CT molecular complexity index is 287. The lowest BCUT2D eigenvalue weighted by atomic mass is 10.1. The maximum atomic E-state index is 11.4. The van der Waals surface area contributed by atoms with E-state index in [1.165, 1.54) is 0 Å². The second-order valence-electron chi connectivity index (χ2n) is 3.28. The van der Waals surface area contributed by atoms with Crippen LogP contribution < -0.4 is 0 Å². The van der Waals surface area contributed by atoms with E-state index in [-0.39, 0.29) is 5.92 Å². The van der Waals surface area contributed by atoms with Gasteiger partial charge in [0.05, 0.1) is 0 Å². The summed E-state index contributed by atoms with van der Waals surface area (Å²) in [5, 5.41) is 0. The lowest BCUT2D eigenvalue weighted by molar-refractivity contribution is -0.131. The van der Waals surface area contributed by atoms with Gasteiger partial charge < -0.3 is 4.52 Å². The smallest absolute Gasteiger partial charge is 0.367 e. The van der Waals surface area contributed by atoms with Gasteiger partial charge in [0, 0.05) is 19.8 Å². The Labute approximate surface area is 90.0 Å². The summed E-state index contributed by atoms with van der Waals surface area (Å²) in [6.07, 6.45) is 1.71. The number of allylic oxidation sites excluding steroid dienone is 1. The fourth-order valence-corrected chi connectivity index (χ4v) is 1.54. The molecule has 0 bridgehead atoms. The molecule has 0 aromatic heterocycles. The zero-order valence-electron chi connectivity index (χ0n) is 9.64. The van der Waals surface area contributed by atoms with Gasteiger partial charge in [-0.05, 0) is 12.8 Å². The number of carbonyl (C=O) groups is 1. The van der Waals surface area contributed by atoms with Crippen molar-refractivity contribution in [1.29, 1.82) is 0 Å². The van der Waals surface area contributed by atoms with Gasteiger partial charge in [0.15, 0.2) is 0 Å². The Morgan fingerprint density at radius 2 is 1.73 bits per heavy atom. The van der Waals surface area contributed by atoms with Crippen LogP contribution >= 0.6 is 7.82 Å². The summed E-state index contributed by atoms with van der Waals surface area (Å²) in [4.78, 5) is 11.4. The first kappa shape index (κ1) is 14.4. The topological polar surface area (TPSA) is 61.8 Å². The minimum absolute atomic E-state index is 0.210. The van der Waals surface area contributed by atoms with Gasteiger partial charge in [-0.1, -0.05) is 19.9 Å². The molecule has 0 radical (unpaired) electrons. The van der Waals surface area contributed by atoms with E-state index in [1.54, 1.807) is 13.0 Å². The molecule has 0 rings (SSSR count). The van der Waals surface area contributed by atoms with Gasteiger partial charge in [0.25, 0.3) is 0 Å². The minimum Gasteiger partial charge on any atom is -0.367 e. The van der Waals surface area contributed by atoms with Crippen molar-refractivity contribution in [2.75, 3.05) is 14.2 Å². The van der Waals surface area contributed by atoms with Crippen LogP contribution in [0.15, 0.2) is 11.6 Å². The molecule has 0 spiro atoms. The van der Waals surface area contributed by atoms with Crippen LogP contribution in [0.4, 0.5) is 0 Å². The number of rotatable bonds is 5. The quantitative estimate of drug-likeness (QED) is 0.542. The van der Waals surface area contributed by atoms with Crippen LogP contribution in [0.3, 0.4) is 0 Å². The normalized spacial score (nSPS) is 13.1. The summed E-state index contributed by atoms with van der Waals surface area (Å²) in [6.45, 7) is 5.42. The fourth-order valence-electron chi connectivity index (χ4n) is 0.891.